The summed E-state index contributed by atoms with van der Waals surface area (Å²) < 4.78 is 0. The fourth-order valence-corrected chi connectivity index (χ4v) is 4.29. The molecule has 0 spiro atoms. The number of likely N-dealkylation sites (N-methyl/N-ethyl adjacent to an activating group) is 1. The third-order valence-electron chi connectivity index (χ3n) is 4.92. The van der Waals surface area contributed by atoms with E-state index in [2.05, 4.69) is 40.9 Å². The van der Waals surface area contributed by atoms with Crippen LogP contribution in [-0.2, 0) is 4.79 Å². The van der Waals surface area contributed by atoms with E-state index in [1.165, 1.54) is 5.56 Å². The molecule has 0 bridgehead atoms. The minimum absolute atomic E-state index is 0.141. The van der Waals surface area contributed by atoms with Gasteiger partial charge in [0.15, 0.2) is 0 Å². The fourth-order valence-electron chi connectivity index (χ4n) is 3.58. The Morgan fingerprint density at radius 2 is 2.12 bits per heavy atom. The highest BCUT2D eigenvalue weighted by molar-refractivity contribution is 7.07. The molecular formula is C18H29N3O3S. The van der Waals surface area contributed by atoms with Crippen LogP contribution in [-0.4, -0.2) is 59.6 Å². The van der Waals surface area contributed by atoms with E-state index in [-0.39, 0.29) is 18.0 Å². The summed E-state index contributed by atoms with van der Waals surface area (Å²) in [5, 5.41) is 16.5. The third kappa shape index (κ3) is 5.19. The zero-order valence-electron chi connectivity index (χ0n) is 15.3. The van der Waals surface area contributed by atoms with Crippen molar-refractivity contribution in [2.75, 3.05) is 32.7 Å². The minimum atomic E-state index is -0.816. The van der Waals surface area contributed by atoms with Gasteiger partial charge < -0.3 is 15.3 Å². The van der Waals surface area contributed by atoms with Crippen molar-refractivity contribution < 1.29 is 14.7 Å². The molecule has 2 N–H and O–H groups in total. The maximum Gasteiger partial charge on any atom is 0.317 e. The lowest BCUT2D eigenvalue weighted by atomic mass is 9.91. The molecular weight excluding hydrogens is 338 g/mol. The molecule has 3 atom stereocenters. The fraction of sp³-hybridized carbons (Fsp3) is 0.667. The molecule has 1 saturated heterocycles. The molecule has 1 aromatic heterocycles. The molecule has 0 saturated carbocycles. The van der Waals surface area contributed by atoms with Gasteiger partial charge in [-0.05, 0) is 47.8 Å². The average molecular weight is 368 g/mol. The number of piperidine rings is 1. The Morgan fingerprint density at radius 1 is 1.40 bits per heavy atom. The van der Waals surface area contributed by atoms with Crippen LogP contribution in [0.3, 0.4) is 0 Å². The van der Waals surface area contributed by atoms with E-state index >= 15 is 0 Å². The second-order valence-electron chi connectivity index (χ2n) is 6.76. The Labute approximate surface area is 153 Å². The van der Waals surface area contributed by atoms with E-state index in [0.717, 1.165) is 13.1 Å². The normalized spacial score (nSPS) is 22.0. The Morgan fingerprint density at radius 3 is 2.68 bits per heavy atom. The van der Waals surface area contributed by atoms with Crippen molar-refractivity contribution in [1.82, 2.24) is 15.1 Å². The van der Waals surface area contributed by atoms with Gasteiger partial charge in [0, 0.05) is 19.6 Å². The summed E-state index contributed by atoms with van der Waals surface area (Å²) in [6.07, 6.45) is 0.635. The summed E-state index contributed by atoms with van der Waals surface area (Å²) in [7, 11) is 0. The number of rotatable bonds is 7. The Hall–Kier alpha value is -1.60. The van der Waals surface area contributed by atoms with Crippen LogP contribution in [0.2, 0.25) is 0 Å². The van der Waals surface area contributed by atoms with Crippen LogP contribution in [0.25, 0.3) is 0 Å². The number of hydrogen-bond donors (Lipinski definition) is 2. The van der Waals surface area contributed by atoms with Crippen molar-refractivity contribution in [3.8, 4) is 0 Å². The number of nitrogens with zero attached hydrogens (tertiary/aromatic N) is 2. The van der Waals surface area contributed by atoms with Crippen molar-refractivity contribution in [1.29, 1.82) is 0 Å². The number of carbonyl (C=O) groups is 2. The van der Waals surface area contributed by atoms with Gasteiger partial charge in [0.1, 0.15) is 0 Å². The van der Waals surface area contributed by atoms with Crippen molar-refractivity contribution in [2.24, 2.45) is 11.8 Å². The summed E-state index contributed by atoms with van der Waals surface area (Å²) in [4.78, 5) is 27.9. The SMILES string of the molecule is CCN(CC)C(CNC(=O)N1CC(C)CC(C(=O)O)C1)c1ccsc1. The lowest BCUT2D eigenvalue weighted by Crippen LogP contribution is -2.50. The lowest BCUT2D eigenvalue weighted by Gasteiger charge is -2.35. The van der Waals surface area contributed by atoms with Crippen LogP contribution in [0.1, 0.15) is 38.8 Å². The van der Waals surface area contributed by atoms with Crippen LogP contribution in [0.4, 0.5) is 4.79 Å². The number of nitrogens with one attached hydrogen (secondary N) is 1. The number of urea groups is 1. The van der Waals surface area contributed by atoms with Gasteiger partial charge in [-0.3, -0.25) is 9.69 Å². The molecule has 1 aromatic rings. The smallest absolute Gasteiger partial charge is 0.317 e. The number of thiophene rings is 1. The lowest BCUT2D eigenvalue weighted by molar-refractivity contribution is -0.143. The van der Waals surface area contributed by atoms with E-state index < -0.39 is 11.9 Å². The molecule has 2 rings (SSSR count). The van der Waals surface area contributed by atoms with E-state index in [4.69, 9.17) is 0 Å². The zero-order valence-corrected chi connectivity index (χ0v) is 16.1. The number of aliphatic carboxylic acids is 1. The summed E-state index contributed by atoms with van der Waals surface area (Å²) in [6.45, 7) is 9.50. The zero-order chi connectivity index (χ0) is 18.4. The van der Waals surface area contributed by atoms with Crippen molar-refractivity contribution in [3.63, 3.8) is 0 Å². The monoisotopic (exact) mass is 367 g/mol. The number of carboxylic acid groups (broad SMARTS) is 1. The van der Waals surface area contributed by atoms with Crippen LogP contribution in [0.5, 0.6) is 0 Å². The van der Waals surface area contributed by atoms with Gasteiger partial charge in [0.25, 0.3) is 0 Å². The third-order valence-corrected chi connectivity index (χ3v) is 5.63. The highest BCUT2D eigenvalue weighted by Gasteiger charge is 2.32. The van der Waals surface area contributed by atoms with E-state index in [0.29, 0.717) is 26.1 Å². The number of carbonyl (C=O) groups excluding carboxylic acids is 1. The molecule has 0 aromatic carbocycles. The summed E-state index contributed by atoms with van der Waals surface area (Å²) in [5.41, 5.74) is 1.21. The van der Waals surface area contributed by atoms with Gasteiger partial charge in [-0.2, -0.15) is 11.3 Å². The molecule has 2 heterocycles. The van der Waals surface area contributed by atoms with Crippen LogP contribution < -0.4 is 5.32 Å². The van der Waals surface area contributed by atoms with E-state index in [9.17, 15) is 14.7 Å². The molecule has 7 heteroatoms. The Bertz CT molecular complexity index is 560. The summed E-state index contributed by atoms with van der Waals surface area (Å²) in [5.74, 6) is -1.08. The maximum atomic E-state index is 12.6. The molecule has 140 valence electrons. The van der Waals surface area contributed by atoms with Gasteiger partial charge in [0.2, 0.25) is 0 Å². The first kappa shape index (κ1) is 19.7. The summed E-state index contributed by atoms with van der Waals surface area (Å²) in [6, 6.07) is 2.08. The number of carboxylic acids is 1. The molecule has 2 amide bonds. The van der Waals surface area contributed by atoms with Gasteiger partial charge in [-0.1, -0.05) is 20.8 Å². The highest BCUT2D eigenvalue weighted by atomic mass is 32.1. The topological polar surface area (TPSA) is 72.9 Å². The molecule has 0 aliphatic carbocycles. The Balaban J connectivity index is 1.99. The molecule has 25 heavy (non-hydrogen) atoms. The number of hydrogen-bond acceptors (Lipinski definition) is 4. The molecule has 0 radical (unpaired) electrons. The molecule has 1 aliphatic rings. The predicted octanol–water partition coefficient (Wildman–Crippen LogP) is 2.88. The van der Waals surface area contributed by atoms with Crippen LogP contribution >= 0.6 is 11.3 Å². The van der Waals surface area contributed by atoms with Crippen LogP contribution in [0.15, 0.2) is 16.8 Å². The highest BCUT2D eigenvalue weighted by Crippen LogP contribution is 2.24. The second-order valence-corrected chi connectivity index (χ2v) is 7.54. The molecule has 6 nitrogen and oxygen atoms in total. The number of likely N-dealkylation sites (tertiary alicyclic amines) is 1. The first-order valence-corrected chi connectivity index (χ1v) is 9.92. The van der Waals surface area contributed by atoms with Crippen molar-refractivity contribution in [2.45, 2.75) is 33.2 Å². The van der Waals surface area contributed by atoms with Gasteiger partial charge in [0.05, 0.1) is 12.0 Å². The van der Waals surface area contributed by atoms with Gasteiger partial charge in [-0.15, -0.1) is 0 Å². The standard InChI is InChI=1S/C18H29N3O3S/c1-4-20(5-2)16(14-6-7-25-12-14)9-19-18(24)21-10-13(3)8-15(11-21)17(22)23/h6-7,12-13,15-16H,4-5,8-11H2,1-3H3,(H,19,24)(H,22,23). The quantitative estimate of drug-likeness (QED) is 0.777. The molecule has 1 fully saturated rings. The van der Waals surface area contributed by atoms with Crippen molar-refractivity contribution >= 4 is 23.3 Å². The average Bonchev–Trinajstić information content (AvgIpc) is 3.11. The van der Waals surface area contributed by atoms with Crippen molar-refractivity contribution in [3.05, 3.63) is 22.4 Å². The predicted molar refractivity (Wildman–Crippen MR) is 99.9 cm³/mol. The molecule has 3 unspecified atom stereocenters. The first-order chi connectivity index (χ1) is 12.0. The minimum Gasteiger partial charge on any atom is -0.481 e. The second kappa shape index (κ2) is 9.20. The number of amides is 2. The van der Waals surface area contributed by atoms with E-state index in [1.54, 1.807) is 16.2 Å². The van der Waals surface area contributed by atoms with Gasteiger partial charge >= 0.3 is 12.0 Å². The summed E-state index contributed by atoms with van der Waals surface area (Å²) >= 11 is 1.66. The first-order valence-electron chi connectivity index (χ1n) is 8.97. The van der Waals surface area contributed by atoms with Crippen LogP contribution in [0, 0.1) is 11.8 Å². The molecule has 1 aliphatic heterocycles. The largest absolute Gasteiger partial charge is 0.481 e. The maximum absolute atomic E-state index is 12.6. The Kier molecular flexibility index (Phi) is 7.25. The van der Waals surface area contributed by atoms with Gasteiger partial charge in [-0.25, -0.2) is 4.79 Å². The van der Waals surface area contributed by atoms with E-state index in [1.807, 2.05) is 6.92 Å².